The molecule has 0 bridgehead atoms. The predicted molar refractivity (Wildman–Crippen MR) is 103 cm³/mol. The van der Waals surface area contributed by atoms with Gasteiger partial charge in [0, 0.05) is 6.20 Å². The molecule has 1 atom stereocenters. The third-order valence-electron chi connectivity index (χ3n) is 3.51. The van der Waals surface area contributed by atoms with E-state index in [1.54, 1.807) is 48.3 Å². The Kier molecular flexibility index (Phi) is 7.28. The minimum absolute atomic E-state index is 0.300. The van der Waals surface area contributed by atoms with Gasteiger partial charge >= 0.3 is 0 Å². The molecule has 2 N–H and O–H groups in total. The number of carbonyl (C=O) groups is 2. The monoisotopic (exact) mass is 377 g/mol. The summed E-state index contributed by atoms with van der Waals surface area (Å²) in [5.74, 6) is 0.522. The van der Waals surface area contributed by atoms with Gasteiger partial charge in [0.25, 0.3) is 5.91 Å². The highest BCUT2D eigenvalue weighted by Crippen LogP contribution is 2.15. The Morgan fingerprint density at radius 1 is 1.24 bits per heavy atom. The number of anilines is 1. The number of aromatic nitrogens is 1. The highest BCUT2D eigenvalue weighted by Gasteiger charge is 2.22. The Labute approximate surface area is 156 Å². The van der Waals surface area contributed by atoms with Crippen LogP contribution in [0.4, 0.5) is 5.82 Å². The fraction of sp³-hybridized carbons (Fsp3) is 0.278. The van der Waals surface area contributed by atoms with Gasteiger partial charge in [-0.2, -0.15) is 11.8 Å². The van der Waals surface area contributed by atoms with Crippen molar-refractivity contribution in [1.29, 1.82) is 0 Å². The number of thioether (sulfide) groups is 1. The maximum absolute atomic E-state index is 12.5. The van der Waals surface area contributed by atoms with E-state index in [9.17, 15) is 9.59 Å². The molecule has 5 nitrogen and oxygen atoms in total. The first-order chi connectivity index (χ1) is 12.0. The number of hydrogen-bond acceptors (Lipinski definition) is 4. The number of nitrogens with zero attached hydrogens (tertiary/aromatic N) is 1. The van der Waals surface area contributed by atoms with Crippen molar-refractivity contribution in [3.63, 3.8) is 0 Å². The zero-order chi connectivity index (χ0) is 18.2. The van der Waals surface area contributed by atoms with E-state index in [1.165, 1.54) is 0 Å². The van der Waals surface area contributed by atoms with Crippen LogP contribution >= 0.6 is 23.4 Å². The summed E-state index contributed by atoms with van der Waals surface area (Å²) in [6.07, 6.45) is 4.14. The molecule has 0 aliphatic heterocycles. The van der Waals surface area contributed by atoms with Crippen LogP contribution in [0.5, 0.6) is 0 Å². The van der Waals surface area contributed by atoms with Crippen LogP contribution in [0.25, 0.3) is 0 Å². The van der Waals surface area contributed by atoms with Crippen molar-refractivity contribution in [2.75, 3.05) is 17.3 Å². The molecule has 0 aliphatic carbocycles. The van der Waals surface area contributed by atoms with E-state index in [0.717, 1.165) is 11.3 Å². The number of carbonyl (C=O) groups excluding carboxylic acids is 2. The van der Waals surface area contributed by atoms with Gasteiger partial charge in [-0.15, -0.1) is 0 Å². The van der Waals surface area contributed by atoms with Crippen LogP contribution in [0.15, 0.2) is 42.6 Å². The fourth-order valence-corrected chi connectivity index (χ4v) is 2.83. The van der Waals surface area contributed by atoms with Gasteiger partial charge in [0.15, 0.2) is 0 Å². The van der Waals surface area contributed by atoms with E-state index in [0.29, 0.717) is 22.8 Å². The number of rotatable bonds is 7. The first-order valence-corrected chi connectivity index (χ1v) is 9.56. The maximum atomic E-state index is 12.5. The van der Waals surface area contributed by atoms with E-state index < -0.39 is 6.04 Å². The molecule has 0 radical (unpaired) electrons. The molecule has 1 heterocycles. The van der Waals surface area contributed by atoms with Crippen LogP contribution in [0, 0.1) is 6.92 Å². The molecule has 0 fully saturated rings. The van der Waals surface area contributed by atoms with Gasteiger partial charge in [0.1, 0.15) is 11.9 Å². The van der Waals surface area contributed by atoms with E-state index in [2.05, 4.69) is 15.6 Å². The summed E-state index contributed by atoms with van der Waals surface area (Å²) in [5.41, 5.74) is 1.35. The largest absolute Gasteiger partial charge is 0.340 e. The number of amides is 2. The van der Waals surface area contributed by atoms with Crippen molar-refractivity contribution < 1.29 is 9.59 Å². The van der Waals surface area contributed by atoms with E-state index in [-0.39, 0.29) is 11.8 Å². The molecule has 1 unspecified atom stereocenters. The van der Waals surface area contributed by atoms with Crippen molar-refractivity contribution in [2.24, 2.45) is 0 Å². The quantitative estimate of drug-likeness (QED) is 0.774. The number of nitrogens with one attached hydrogen (secondary N) is 2. The normalized spacial score (nSPS) is 11.6. The average Bonchev–Trinajstić information content (AvgIpc) is 2.60. The first kappa shape index (κ1) is 19.3. The maximum Gasteiger partial charge on any atom is 0.253 e. The highest BCUT2D eigenvalue weighted by molar-refractivity contribution is 7.98. The van der Waals surface area contributed by atoms with Crippen LogP contribution in [-0.4, -0.2) is 34.8 Å². The molecule has 2 rings (SSSR count). The minimum Gasteiger partial charge on any atom is -0.340 e. The van der Waals surface area contributed by atoms with Crippen molar-refractivity contribution in [2.45, 2.75) is 19.4 Å². The summed E-state index contributed by atoms with van der Waals surface area (Å²) in [6, 6.07) is 9.68. The topological polar surface area (TPSA) is 71.1 Å². The Morgan fingerprint density at radius 2 is 2.00 bits per heavy atom. The number of halogens is 1. The molecule has 2 aromatic rings. The molecule has 0 saturated carbocycles. The molecular formula is C18H20ClN3O2S. The molecule has 0 saturated heterocycles. The van der Waals surface area contributed by atoms with E-state index in [4.69, 9.17) is 11.6 Å². The predicted octanol–water partition coefficient (Wildman–Crippen LogP) is 3.53. The second-order valence-electron chi connectivity index (χ2n) is 5.50. The lowest BCUT2D eigenvalue weighted by molar-refractivity contribution is -0.118. The standard InChI is InChI=1S/C18H20ClN3O2S/c1-12-7-8-16(20-11-12)22-18(24)15(9-10-25-2)21-17(23)13-5-3-4-6-14(13)19/h3-8,11,15H,9-10H2,1-2H3,(H,21,23)(H,20,22,24). The van der Waals surface area contributed by atoms with Crippen molar-refractivity contribution >= 4 is 41.0 Å². The molecular weight excluding hydrogens is 358 g/mol. The van der Waals surface area contributed by atoms with E-state index in [1.807, 2.05) is 19.2 Å². The third kappa shape index (κ3) is 5.76. The first-order valence-electron chi connectivity index (χ1n) is 7.79. The third-order valence-corrected chi connectivity index (χ3v) is 4.49. The number of hydrogen-bond donors (Lipinski definition) is 2. The lowest BCUT2D eigenvalue weighted by Gasteiger charge is -2.18. The fourth-order valence-electron chi connectivity index (χ4n) is 2.14. The van der Waals surface area contributed by atoms with E-state index >= 15 is 0 Å². The molecule has 0 spiro atoms. The Morgan fingerprint density at radius 3 is 2.64 bits per heavy atom. The Bertz CT molecular complexity index is 737. The molecule has 132 valence electrons. The molecule has 1 aromatic carbocycles. The zero-order valence-corrected chi connectivity index (χ0v) is 15.7. The summed E-state index contributed by atoms with van der Waals surface area (Å²) in [7, 11) is 0. The van der Waals surface area contributed by atoms with Crippen LogP contribution in [0.1, 0.15) is 22.3 Å². The second-order valence-corrected chi connectivity index (χ2v) is 6.89. The van der Waals surface area contributed by atoms with Gasteiger partial charge in [-0.1, -0.05) is 29.8 Å². The van der Waals surface area contributed by atoms with Crippen LogP contribution < -0.4 is 10.6 Å². The summed E-state index contributed by atoms with van der Waals surface area (Å²) >= 11 is 7.66. The van der Waals surface area contributed by atoms with Gasteiger partial charge in [0.05, 0.1) is 10.6 Å². The van der Waals surface area contributed by atoms with Gasteiger partial charge < -0.3 is 10.6 Å². The minimum atomic E-state index is -0.667. The summed E-state index contributed by atoms with van der Waals surface area (Å²) in [5, 5.41) is 5.86. The molecule has 2 amide bonds. The molecule has 0 aliphatic rings. The average molecular weight is 378 g/mol. The van der Waals surface area contributed by atoms with Crippen molar-refractivity contribution in [3.05, 3.63) is 58.7 Å². The highest BCUT2D eigenvalue weighted by atomic mass is 35.5. The summed E-state index contributed by atoms with van der Waals surface area (Å²) in [6.45, 7) is 1.92. The van der Waals surface area contributed by atoms with Crippen LogP contribution in [0.2, 0.25) is 5.02 Å². The number of pyridine rings is 1. The second kappa shape index (κ2) is 9.44. The lowest BCUT2D eigenvalue weighted by Crippen LogP contribution is -2.44. The molecule has 7 heteroatoms. The van der Waals surface area contributed by atoms with Crippen LogP contribution in [-0.2, 0) is 4.79 Å². The summed E-state index contributed by atoms with van der Waals surface area (Å²) < 4.78 is 0. The molecule has 25 heavy (non-hydrogen) atoms. The Hall–Kier alpha value is -2.05. The Balaban J connectivity index is 2.09. The van der Waals surface area contributed by atoms with Gasteiger partial charge in [-0.3, -0.25) is 9.59 Å². The SMILES string of the molecule is CSCCC(NC(=O)c1ccccc1Cl)C(=O)Nc1ccc(C)cn1. The molecule has 1 aromatic heterocycles. The lowest BCUT2D eigenvalue weighted by atomic mass is 10.1. The van der Waals surface area contributed by atoms with Crippen molar-refractivity contribution in [3.8, 4) is 0 Å². The van der Waals surface area contributed by atoms with Gasteiger partial charge in [-0.25, -0.2) is 4.98 Å². The zero-order valence-electron chi connectivity index (χ0n) is 14.1. The van der Waals surface area contributed by atoms with Gasteiger partial charge in [0.2, 0.25) is 5.91 Å². The smallest absolute Gasteiger partial charge is 0.253 e. The van der Waals surface area contributed by atoms with Gasteiger partial charge in [-0.05, 0) is 49.1 Å². The number of benzene rings is 1. The van der Waals surface area contributed by atoms with Crippen molar-refractivity contribution in [1.82, 2.24) is 10.3 Å². The summed E-state index contributed by atoms with van der Waals surface area (Å²) in [4.78, 5) is 29.2. The van der Waals surface area contributed by atoms with Crippen LogP contribution in [0.3, 0.4) is 0 Å². The number of aryl methyl sites for hydroxylation is 1.